The minimum absolute atomic E-state index is 0.300. The molecule has 0 aliphatic heterocycles. The van der Waals surface area contributed by atoms with Crippen LogP contribution in [0.15, 0.2) is 0 Å². The topological polar surface area (TPSA) is 61.7 Å². The van der Waals surface area contributed by atoms with Crippen LogP contribution in [-0.4, -0.2) is 43.9 Å². The first-order chi connectivity index (χ1) is 4.22. The first kappa shape index (κ1) is 8.90. The molecule has 0 aromatic rings. The second-order valence-corrected chi connectivity index (χ2v) is 1.76. The smallest absolute Gasteiger partial charge is 0.426 e. The van der Waals surface area contributed by atoms with E-state index < -0.39 is 13.1 Å². The van der Waals surface area contributed by atoms with Crippen LogP contribution in [-0.2, 0) is 4.74 Å². The van der Waals surface area contributed by atoms with Crippen molar-refractivity contribution >= 4 is 7.12 Å². The number of hydrogen-bond acceptors (Lipinski definition) is 4. The van der Waals surface area contributed by atoms with E-state index in [0.29, 0.717) is 6.61 Å². The minimum Gasteiger partial charge on any atom is -0.426 e. The molecule has 0 spiro atoms. The first-order valence-electron chi connectivity index (χ1n) is 2.74. The van der Waals surface area contributed by atoms with Crippen molar-refractivity contribution < 1.29 is 14.8 Å². The molecule has 54 valence electrons. The van der Waals surface area contributed by atoms with Crippen LogP contribution in [0, 0.1) is 0 Å². The van der Waals surface area contributed by atoms with E-state index >= 15 is 0 Å². The van der Waals surface area contributed by atoms with Crippen molar-refractivity contribution in [1.82, 2.24) is 5.32 Å². The van der Waals surface area contributed by atoms with Gasteiger partial charge < -0.3 is 20.1 Å². The highest BCUT2D eigenvalue weighted by atomic mass is 16.5. The molecule has 0 saturated carbocycles. The summed E-state index contributed by atoms with van der Waals surface area (Å²) in [6.45, 7) is 0.300. The Kier molecular flexibility index (Phi) is 4.70. The predicted octanol–water partition coefficient (Wildman–Crippen LogP) is -1.77. The Morgan fingerprint density at radius 3 is 2.33 bits per heavy atom. The zero-order valence-corrected chi connectivity index (χ0v) is 5.66. The molecular weight excluding hydrogens is 121 g/mol. The summed E-state index contributed by atoms with van der Waals surface area (Å²) in [6.07, 6.45) is 0. The Bertz CT molecular complexity index is 70.8. The van der Waals surface area contributed by atoms with Gasteiger partial charge >= 0.3 is 7.12 Å². The Balaban J connectivity index is 3.41. The third-order valence-corrected chi connectivity index (χ3v) is 1.08. The molecule has 5 heteroatoms. The highest BCUT2D eigenvalue weighted by molar-refractivity contribution is 6.43. The Morgan fingerprint density at radius 1 is 1.67 bits per heavy atom. The molecule has 0 heterocycles. The maximum Gasteiger partial charge on any atom is 0.472 e. The molecule has 0 bridgehead atoms. The molecule has 0 amide bonds. The first-order valence-corrected chi connectivity index (χ1v) is 2.74. The van der Waals surface area contributed by atoms with Gasteiger partial charge in [-0.1, -0.05) is 0 Å². The lowest BCUT2D eigenvalue weighted by Crippen LogP contribution is -2.44. The van der Waals surface area contributed by atoms with Gasteiger partial charge in [0.25, 0.3) is 0 Å². The lowest BCUT2D eigenvalue weighted by Gasteiger charge is -2.12. The van der Waals surface area contributed by atoms with Crippen molar-refractivity contribution in [2.24, 2.45) is 0 Å². The van der Waals surface area contributed by atoms with E-state index in [1.54, 1.807) is 7.05 Å². The highest BCUT2D eigenvalue weighted by Gasteiger charge is 2.20. The number of rotatable bonds is 4. The Hall–Kier alpha value is -0.0951. The van der Waals surface area contributed by atoms with E-state index in [1.807, 2.05) is 0 Å². The quantitative estimate of drug-likeness (QED) is 0.397. The standard InChI is InChI=1S/C4H12BNO3/c1-6-4(3-9-2)5(7)8/h4,6-8H,3H2,1-2H3. The van der Waals surface area contributed by atoms with Gasteiger partial charge in [-0.15, -0.1) is 0 Å². The summed E-state index contributed by atoms with van der Waals surface area (Å²) in [7, 11) is 1.80. The Labute approximate surface area is 55.0 Å². The van der Waals surface area contributed by atoms with Crippen LogP contribution in [0.5, 0.6) is 0 Å². The number of likely N-dealkylation sites (N-methyl/N-ethyl adjacent to an activating group) is 1. The summed E-state index contributed by atoms with van der Waals surface area (Å²) in [5, 5.41) is 19.8. The van der Waals surface area contributed by atoms with E-state index in [9.17, 15) is 0 Å². The normalized spacial score (nSPS) is 13.3. The summed E-state index contributed by atoms with van der Waals surface area (Å²) >= 11 is 0. The third kappa shape index (κ3) is 3.48. The van der Waals surface area contributed by atoms with Gasteiger partial charge in [0, 0.05) is 7.11 Å². The van der Waals surface area contributed by atoms with Crippen LogP contribution in [0.25, 0.3) is 0 Å². The molecule has 0 aromatic heterocycles. The molecule has 0 aliphatic rings. The van der Waals surface area contributed by atoms with Gasteiger partial charge in [-0.2, -0.15) is 0 Å². The maximum atomic E-state index is 8.56. The van der Waals surface area contributed by atoms with Gasteiger partial charge in [0.05, 0.1) is 12.5 Å². The molecule has 0 aromatic carbocycles. The average molecular weight is 133 g/mol. The molecule has 1 unspecified atom stereocenters. The fourth-order valence-corrected chi connectivity index (χ4v) is 0.498. The molecule has 4 nitrogen and oxygen atoms in total. The largest absolute Gasteiger partial charge is 0.472 e. The highest BCUT2D eigenvalue weighted by Crippen LogP contribution is 1.83. The summed E-state index contributed by atoms with van der Waals surface area (Å²) in [5.74, 6) is -0.394. The number of ether oxygens (including phenoxy) is 1. The van der Waals surface area contributed by atoms with Crippen molar-refractivity contribution in [3.8, 4) is 0 Å². The fourth-order valence-electron chi connectivity index (χ4n) is 0.498. The summed E-state index contributed by atoms with van der Waals surface area (Å²) in [6, 6.07) is 0. The minimum atomic E-state index is -1.35. The van der Waals surface area contributed by atoms with Crippen molar-refractivity contribution in [1.29, 1.82) is 0 Å². The van der Waals surface area contributed by atoms with Gasteiger partial charge in [0.1, 0.15) is 0 Å². The summed E-state index contributed by atoms with van der Waals surface area (Å²) < 4.78 is 4.67. The number of methoxy groups -OCH3 is 1. The monoisotopic (exact) mass is 133 g/mol. The van der Waals surface area contributed by atoms with Crippen molar-refractivity contribution in [3.05, 3.63) is 0 Å². The van der Waals surface area contributed by atoms with E-state index in [1.165, 1.54) is 7.11 Å². The van der Waals surface area contributed by atoms with E-state index in [4.69, 9.17) is 10.0 Å². The van der Waals surface area contributed by atoms with Gasteiger partial charge in [-0.25, -0.2) is 0 Å². The predicted molar refractivity (Wildman–Crippen MR) is 34.9 cm³/mol. The second-order valence-electron chi connectivity index (χ2n) is 1.76. The van der Waals surface area contributed by atoms with E-state index in [-0.39, 0.29) is 0 Å². The Morgan fingerprint density at radius 2 is 2.22 bits per heavy atom. The number of nitrogens with one attached hydrogen (secondary N) is 1. The summed E-state index contributed by atoms with van der Waals surface area (Å²) in [4.78, 5) is 0. The molecular formula is C4H12BNO3. The fraction of sp³-hybridized carbons (Fsp3) is 1.00. The molecule has 0 radical (unpaired) electrons. The average Bonchev–Trinajstić information content (AvgIpc) is 1.82. The molecule has 0 rings (SSSR count). The summed E-state index contributed by atoms with van der Waals surface area (Å²) in [5.41, 5.74) is 0. The third-order valence-electron chi connectivity index (χ3n) is 1.08. The van der Waals surface area contributed by atoms with Crippen molar-refractivity contribution in [2.45, 2.75) is 5.94 Å². The lowest BCUT2D eigenvalue weighted by molar-refractivity contribution is 0.177. The van der Waals surface area contributed by atoms with Crippen LogP contribution >= 0.6 is 0 Å². The van der Waals surface area contributed by atoms with Crippen molar-refractivity contribution in [3.63, 3.8) is 0 Å². The van der Waals surface area contributed by atoms with Crippen LogP contribution in [0.3, 0.4) is 0 Å². The lowest BCUT2D eigenvalue weighted by atomic mass is 9.80. The van der Waals surface area contributed by atoms with Crippen LogP contribution in [0.1, 0.15) is 0 Å². The number of hydrogen-bond donors (Lipinski definition) is 3. The van der Waals surface area contributed by atoms with Gasteiger partial charge in [0.15, 0.2) is 0 Å². The van der Waals surface area contributed by atoms with Crippen LogP contribution in [0.4, 0.5) is 0 Å². The van der Waals surface area contributed by atoms with Crippen molar-refractivity contribution in [2.75, 3.05) is 20.8 Å². The zero-order valence-electron chi connectivity index (χ0n) is 5.66. The van der Waals surface area contributed by atoms with Gasteiger partial charge in [-0.05, 0) is 7.05 Å². The zero-order chi connectivity index (χ0) is 7.28. The van der Waals surface area contributed by atoms with E-state index in [0.717, 1.165) is 0 Å². The van der Waals surface area contributed by atoms with Gasteiger partial charge in [-0.3, -0.25) is 0 Å². The molecule has 1 atom stereocenters. The second kappa shape index (κ2) is 4.75. The van der Waals surface area contributed by atoms with Crippen LogP contribution in [0.2, 0.25) is 0 Å². The molecule has 0 saturated heterocycles. The van der Waals surface area contributed by atoms with Gasteiger partial charge in [0.2, 0.25) is 0 Å². The molecule has 9 heavy (non-hydrogen) atoms. The van der Waals surface area contributed by atoms with E-state index in [2.05, 4.69) is 10.1 Å². The molecule has 3 N–H and O–H groups in total. The molecule has 0 fully saturated rings. The molecule has 0 aliphatic carbocycles. The SMILES string of the molecule is CNC(COC)B(O)O. The van der Waals surface area contributed by atoms with Crippen LogP contribution < -0.4 is 5.32 Å². The maximum absolute atomic E-state index is 8.56.